The van der Waals surface area contributed by atoms with Gasteiger partial charge in [0.15, 0.2) is 0 Å². The molecule has 9 heteroatoms. The van der Waals surface area contributed by atoms with Crippen LogP contribution >= 0.6 is 0 Å². The van der Waals surface area contributed by atoms with E-state index in [9.17, 15) is 29.9 Å². The number of esters is 1. The van der Waals surface area contributed by atoms with Gasteiger partial charge in [0.05, 0.1) is 30.1 Å². The van der Waals surface area contributed by atoms with Crippen molar-refractivity contribution in [1.29, 1.82) is 0 Å². The molecule has 1 amide bonds. The fourth-order valence-corrected chi connectivity index (χ4v) is 1.73. The van der Waals surface area contributed by atoms with Crippen LogP contribution in [0.2, 0.25) is 0 Å². The van der Waals surface area contributed by atoms with Gasteiger partial charge in [0.2, 0.25) is 5.91 Å². The van der Waals surface area contributed by atoms with Gasteiger partial charge in [-0.05, 0) is 11.6 Å². The summed E-state index contributed by atoms with van der Waals surface area (Å²) in [4.78, 5) is 32.3. The summed E-state index contributed by atoms with van der Waals surface area (Å²) in [7, 11) is 1.07. The highest BCUT2D eigenvalue weighted by atomic mass is 16.6. The number of benzene rings is 1. The SMILES string of the molecule is COC(=O)c1cc([N+](=O)[O-])ccc1C(O)C(O)CC(N)=O. The van der Waals surface area contributed by atoms with Crippen LogP contribution in [0.1, 0.15) is 28.4 Å². The minimum absolute atomic E-state index is 0.0961. The van der Waals surface area contributed by atoms with Gasteiger partial charge in [0, 0.05) is 12.1 Å². The predicted molar refractivity (Wildman–Crippen MR) is 69.2 cm³/mol. The second-order valence-corrected chi connectivity index (χ2v) is 4.20. The van der Waals surface area contributed by atoms with Gasteiger partial charge in [-0.1, -0.05) is 0 Å². The topological polar surface area (TPSA) is 153 Å². The van der Waals surface area contributed by atoms with E-state index in [4.69, 9.17) is 5.73 Å². The van der Waals surface area contributed by atoms with Crippen molar-refractivity contribution < 1.29 is 29.5 Å². The second-order valence-electron chi connectivity index (χ2n) is 4.20. The Morgan fingerprint density at radius 2 is 2.05 bits per heavy atom. The lowest BCUT2D eigenvalue weighted by molar-refractivity contribution is -0.384. The van der Waals surface area contributed by atoms with Crippen molar-refractivity contribution >= 4 is 17.6 Å². The summed E-state index contributed by atoms with van der Waals surface area (Å²) in [6.45, 7) is 0. The molecule has 2 atom stereocenters. The lowest BCUT2D eigenvalue weighted by atomic mass is 9.96. The third-order valence-corrected chi connectivity index (χ3v) is 2.75. The van der Waals surface area contributed by atoms with Crippen LogP contribution in [0.25, 0.3) is 0 Å². The number of ether oxygens (including phenoxy) is 1. The zero-order valence-electron chi connectivity index (χ0n) is 11.1. The molecule has 0 heterocycles. The summed E-state index contributed by atoms with van der Waals surface area (Å²) in [6, 6.07) is 3.09. The molecular formula is C12H14N2O7. The molecule has 4 N–H and O–H groups in total. The monoisotopic (exact) mass is 298 g/mol. The van der Waals surface area contributed by atoms with Gasteiger partial charge < -0.3 is 20.7 Å². The maximum absolute atomic E-state index is 11.6. The van der Waals surface area contributed by atoms with Crippen molar-refractivity contribution in [2.45, 2.75) is 18.6 Å². The number of primary amides is 1. The molecule has 1 aromatic rings. The van der Waals surface area contributed by atoms with Crippen LogP contribution in [0.4, 0.5) is 5.69 Å². The minimum Gasteiger partial charge on any atom is -0.465 e. The fraction of sp³-hybridized carbons (Fsp3) is 0.333. The van der Waals surface area contributed by atoms with Crippen LogP contribution in [0.15, 0.2) is 18.2 Å². The summed E-state index contributed by atoms with van der Waals surface area (Å²) < 4.78 is 4.48. The van der Waals surface area contributed by atoms with Crippen molar-refractivity contribution in [1.82, 2.24) is 0 Å². The van der Waals surface area contributed by atoms with E-state index in [2.05, 4.69) is 4.74 Å². The first kappa shape index (κ1) is 16.5. The molecule has 0 spiro atoms. The van der Waals surface area contributed by atoms with Crippen LogP contribution < -0.4 is 5.73 Å². The molecule has 9 nitrogen and oxygen atoms in total. The summed E-state index contributed by atoms with van der Waals surface area (Å²) in [5.41, 5.74) is 4.16. The number of non-ortho nitro benzene ring substituents is 1. The number of carbonyl (C=O) groups is 2. The standard InChI is InChI=1S/C12H14N2O7/c1-21-12(18)8-4-6(14(19)20)2-3-7(8)11(17)9(15)5-10(13)16/h2-4,9,11,15,17H,5H2,1H3,(H2,13,16). The van der Waals surface area contributed by atoms with E-state index in [1.54, 1.807) is 0 Å². The molecule has 0 aromatic heterocycles. The lowest BCUT2D eigenvalue weighted by Gasteiger charge is -2.19. The van der Waals surface area contributed by atoms with E-state index in [0.29, 0.717) is 0 Å². The first-order chi connectivity index (χ1) is 9.77. The molecule has 1 aromatic carbocycles. The molecule has 0 fully saturated rings. The average molecular weight is 298 g/mol. The van der Waals surface area contributed by atoms with Crippen LogP contribution in [0, 0.1) is 10.1 Å². The molecule has 1 rings (SSSR count). The number of aliphatic hydroxyl groups excluding tert-OH is 2. The van der Waals surface area contributed by atoms with Gasteiger partial charge in [0.1, 0.15) is 6.10 Å². The highest BCUT2D eigenvalue weighted by Crippen LogP contribution is 2.27. The Bertz CT molecular complexity index is 573. The first-order valence-corrected chi connectivity index (χ1v) is 5.79. The highest BCUT2D eigenvalue weighted by Gasteiger charge is 2.27. The Morgan fingerprint density at radius 3 is 2.52 bits per heavy atom. The highest BCUT2D eigenvalue weighted by molar-refractivity contribution is 5.92. The quantitative estimate of drug-likeness (QED) is 0.368. The van der Waals surface area contributed by atoms with Crippen molar-refractivity contribution in [3.05, 3.63) is 39.4 Å². The second kappa shape index (κ2) is 6.77. The van der Waals surface area contributed by atoms with Crippen molar-refractivity contribution in [2.75, 3.05) is 7.11 Å². The van der Waals surface area contributed by atoms with Crippen molar-refractivity contribution in [3.8, 4) is 0 Å². The number of nitro groups is 1. The molecule has 114 valence electrons. The van der Waals surface area contributed by atoms with Gasteiger partial charge in [-0.2, -0.15) is 0 Å². The Morgan fingerprint density at radius 1 is 1.43 bits per heavy atom. The Balaban J connectivity index is 3.24. The summed E-state index contributed by atoms with van der Waals surface area (Å²) in [6.07, 6.45) is -3.70. The molecular weight excluding hydrogens is 284 g/mol. The molecule has 21 heavy (non-hydrogen) atoms. The Labute approximate surface area is 119 Å². The molecule has 0 aliphatic carbocycles. The van der Waals surface area contributed by atoms with E-state index in [0.717, 1.165) is 25.3 Å². The zero-order valence-corrected chi connectivity index (χ0v) is 11.1. The molecule has 0 radical (unpaired) electrons. The summed E-state index contributed by atoms with van der Waals surface area (Å²) in [5.74, 6) is -1.76. The number of aliphatic hydroxyl groups is 2. The van der Waals surface area contributed by atoms with Gasteiger partial charge in [0.25, 0.3) is 5.69 Å². The summed E-state index contributed by atoms with van der Waals surface area (Å²) in [5, 5.41) is 30.3. The number of rotatable bonds is 6. The molecule has 0 aliphatic heterocycles. The number of nitrogens with two attached hydrogens (primary N) is 1. The van der Waals surface area contributed by atoms with Gasteiger partial charge in [-0.3, -0.25) is 14.9 Å². The maximum Gasteiger partial charge on any atom is 0.338 e. The number of nitrogens with zero attached hydrogens (tertiary/aromatic N) is 1. The number of hydrogen-bond acceptors (Lipinski definition) is 7. The number of nitro benzene ring substituents is 1. The van der Waals surface area contributed by atoms with Crippen molar-refractivity contribution in [3.63, 3.8) is 0 Å². The van der Waals surface area contributed by atoms with E-state index < -0.39 is 35.4 Å². The number of amides is 1. The van der Waals surface area contributed by atoms with E-state index in [1.165, 1.54) is 0 Å². The third kappa shape index (κ3) is 3.97. The van der Waals surface area contributed by atoms with Crippen LogP contribution in [0.3, 0.4) is 0 Å². The maximum atomic E-state index is 11.6. The number of methoxy groups -OCH3 is 1. The minimum atomic E-state index is -1.62. The van der Waals surface area contributed by atoms with Crippen LogP contribution in [-0.4, -0.2) is 40.2 Å². The number of hydrogen-bond donors (Lipinski definition) is 3. The van der Waals surface area contributed by atoms with E-state index in [1.807, 2.05) is 0 Å². The number of carbonyl (C=O) groups excluding carboxylic acids is 2. The summed E-state index contributed by atoms with van der Waals surface area (Å²) >= 11 is 0. The smallest absolute Gasteiger partial charge is 0.338 e. The third-order valence-electron chi connectivity index (χ3n) is 2.75. The molecule has 0 bridgehead atoms. The van der Waals surface area contributed by atoms with Crippen LogP contribution in [-0.2, 0) is 9.53 Å². The predicted octanol–water partition coefficient (Wildman–Crippen LogP) is -0.349. The Hall–Kier alpha value is -2.52. The van der Waals surface area contributed by atoms with Crippen LogP contribution in [0.5, 0.6) is 0 Å². The van der Waals surface area contributed by atoms with Gasteiger partial charge in [-0.25, -0.2) is 4.79 Å². The fourth-order valence-electron chi connectivity index (χ4n) is 1.73. The van der Waals surface area contributed by atoms with Gasteiger partial charge >= 0.3 is 5.97 Å². The first-order valence-electron chi connectivity index (χ1n) is 5.79. The van der Waals surface area contributed by atoms with Gasteiger partial charge in [-0.15, -0.1) is 0 Å². The Kier molecular flexibility index (Phi) is 5.33. The van der Waals surface area contributed by atoms with Crippen molar-refractivity contribution in [2.24, 2.45) is 5.73 Å². The largest absolute Gasteiger partial charge is 0.465 e. The molecule has 0 saturated carbocycles. The normalized spacial score (nSPS) is 13.3. The lowest BCUT2D eigenvalue weighted by Crippen LogP contribution is -2.27. The zero-order chi connectivity index (χ0) is 16.2. The average Bonchev–Trinajstić information content (AvgIpc) is 2.44. The van der Waals surface area contributed by atoms with E-state index >= 15 is 0 Å². The van der Waals surface area contributed by atoms with E-state index in [-0.39, 0.29) is 16.8 Å². The molecule has 0 aliphatic rings. The molecule has 2 unspecified atom stereocenters. The molecule has 0 saturated heterocycles.